The average Bonchev–Trinajstić information content (AvgIpc) is 2.39. The fraction of sp³-hybridized carbons (Fsp3) is 0.200. The Morgan fingerprint density at radius 1 is 0.909 bits per heavy atom. The molecule has 22 heavy (non-hydrogen) atoms. The van der Waals surface area contributed by atoms with Crippen molar-refractivity contribution in [3.63, 3.8) is 0 Å². The van der Waals surface area contributed by atoms with Gasteiger partial charge in [0.25, 0.3) is 10.0 Å². The number of aryl methyl sites for hydroxylation is 1. The van der Waals surface area contributed by atoms with Crippen LogP contribution in [0.15, 0.2) is 53.4 Å². The molecule has 0 saturated heterocycles. The van der Waals surface area contributed by atoms with Gasteiger partial charge < -0.3 is 0 Å². The van der Waals surface area contributed by atoms with Crippen LogP contribution in [0.1, 0.15) is 11.1 Å². The van der Waals surface area contributed by atoms with Crippen molar-refractivity contribution in [1.29, 1.82) is 0 Å². The van der Waals surface area contributed by atoms with Gasteiger partial charge in [-0.25, -0.2) is 16.8 Å². The predicted octanol–water partition coefficient (Wildman–Crippen LogP) is 2.34. The fourth-order valence-corrected chi connectivity index (χ4v) is 3.87. The number of anilines is 1. The van der Waals surface area contributed by atoms with Crippen molar-refractivity contribution in [3.8, 4) is 0 Å². The van der Waals surface area contributed by atoms with Crippen LogP contribution in [-0.4, -0.2) is 23.1 Å². The van der Waals surface area contributed by atoms with Gasteiger partial charge in [0, 0.05) is 6.26 Å². The van der Waals surface area contributed by atoms with E-state index in [0.29, 0.717) is 5.56 Å². The molecule has 0 unspecified atom stereocenters. The average molecular weight is 339 g/mol. The lowest BCUT2D eigenvalue weighted by Crippen LogP contribution is -2.15. The van der Waals surface area contributed by atoms with Gasteiger partial charge in [-0.1, -0.05) is 35.9 Å². The molecule has 118 valence electrons. The summed E-state index contributed by atoms with van der Waals surface area (Å²) in [7, 11) is -7.01. The zero-order valence-corrected chi connectivity index (χ0v) is 13.9. The molecule has 2 rings (SSSR count). The Balaban J connectivity index is 2.36. The number of sulfonamides is 1. The maximum absolute atomic E-state index is 12.4. The highest BCUT2D eigenvalue weighted by atomic mass is 32.2. The molecule has 0 aliphatic heterocycles. The summed E-state index contributed by atoms with van der Waals surface area (Å²) in [4.78, 5) is 0.132. The molecule has 0 heterocycles. The first kappa shape index (κ1) is 16.5. The molecule has 0 radical (unpaired) electrons. The van der Waals surface area contributed by atoms with E-state index in [1.54, 1.807) is 36.4 Å². The highest BCUT2D eigenvalue weighted by molar-refractivity contribution is 7.92. The van der Waals surface area contributed by atoms with E-state index in [-0.39, 0.29) is 16.3 Å². The number of nitrogens with one attached hydrogen (secondary N) is 1. The summed E-state index contributed by atoms with van der Waals surface area (Å²) in [6.07, 6.45) is 1.11. The van der Waals surface area contributed by atoms with E-state index in [1.165, 1.54) is 12.1 Å². The van der Waals surface area contributed by atoms with Crippen LogP contribution < -0.4 is 4.72 Å². The van der Waals surface area contributed by atoms with Gasteiger partial charge in [0.15, 0.2) is 9.84 Å². The first-order valence-electron chi connectivity index (χ1n) is 6.52. The quantitative estimate of drug-likeness (QED) is 0.907. The molecule has 7 heteroatoms. The Hall–Kier alpha value is -1.86. The molecule has 2 aromatic carbocycles. The van der Waals surface area contributed by atoms with E-state index in [9.17, 15) is 16.8 Å². The SMILES string of the molecule is Cc1ccc(S(=O)(=O)Nc2ccccc2CS(C)(=O)=O)cc1. The minimum atomic E-state index is -3.75. The topological polar surface area (TPSA) is 80.3 Å². The molecule has 5 nitrogen and oxygen atoms in total. The lowest BCUT2D eigenvalue weighted by atomic mass is 10.2. The van der Waals surface area contributed by atoms with Gasteiger partial charge in [0.05, 0.1) is 16.3 Å². The van der Waals surface area contributed by atoms with Crippen molar-refractivity contribution < 1.29 is 16.8 Å². The molecule has 0 bridgehead atoms. The standard InChI is InChI=1S/C15H17NO4S2/c1-12-7-9-14(10-8-12)22(19,20)16-15-6-4-3-5-13(15)11-21(2,17)18/h3-10,16H,11H2,1-2H3. The van der Waals surface area contributed by atoms with E-state index < -0.39 is 19.9 Å². The molecule has 0 aliphatic rings. The van der Waals surface area contributed by atoms with Gasteiger partial charge in [0.2, 0.25) is 0 Å². The molecular weight excluding hydrogens is 322 g/mol. The van der Waals surface area contributed by atoms with Crippen LogP contribution >= 0.6 is 0 Å². The monoisotopic (exact) mass is 339 g/mol. The zero-order valence-electron chi connectivity index (χ0n) is 12.3. The van der Waals surface area contributed by atoms with E-state index in [0.717, 1.165) is 11.8 Å². The van der Waals surface area contributed by atoms with E-state index >= 15 is 0 Å². The number of hydrogen-bond acceptors (Lipinski definition) is 4. The highest BCUT2D eigenvalue weighted by Crippen LogP contribution is 2.22. The molecule has 2 aromatic rings. The van der Waals surface area contributed by atoms with Crippen molar-refractivity contribution in [2.24, 2.45) is 0 Å². The van der Waals surface area contributed by atoms with Gasteiger partial charge in [-0.05, 0) is 30.7 Å². The Bertz CT molecular complexity index is 870. The van der Waals surface area contributed by atoms with Gasteiger partial charge in [-0.15, -0.1) is 0 Å². The van der Waals surface area contributed by atoms with Gasteiger partial charge >= 0.3 is 0 Å². The zero-order chi connectivity index (χ0) is 16.4. The Kier molecular flexibility index (Phi) is 4.58. The minimum Gasteiger partial charge on any atom is -0.279 e. The molecular formula is C15H17NO4S2. The minimum absolute atomic E-state index is 0.132. The van der Waals surface area contributed by atoms with Crippen molar-refractivity contribution in [2.45, 2.75) is 17.6 Å². The molecule has 0 atom stereocenters. The lowest BCUT2D eigenvalue weighted by Gasteiger charge is -2.12. The Morgan fingerprint density at radius 3 is 2.09 bits per heavy atom. The van der Waals surface area contributed by atoms with Crippen molar-refractivity contribution >= 4 is 25.5 Å². The van der Waals surface area contributed by atoms with E-state index in [4.69, 9.17) is 0 Å². The summed E-state index contributed by atoms with van der Waals surface area (Å²) in [5.74, 6) is -0.223. The van der Waals surface area contributed by atoms with Gasteiger partial charge in [-0.3, -0.25) is 4.72 Å². The second-order valence-corrected chi connectivity index (χ2v) is 8.97. The second kappa shape index (κ2) is 6.10. The molecule has 0 saturated carbocycles. The number of para-hydroxylation sites is 1. The van der Waals surface area contributed by atoms with Crippen molar-refractivity contribution in [1.82, 2.24) is 0 Å². The van der Waals surface area contributed by atoms with Crippen LogP contribution in [0.4, 0.5) is 5.69 Å². The van der Waals surface area contributed by atoms with Crippen LogP contribution in [0.25, 0.3) is 0 Å². The van der Waals surface area contributed by atoms with Crippen LogP contribution in [0.3, 0.4) is 0 Å². The maximum Gasteiger partial charge on any atom is 0.261 e. The van der Waals surface area contributed by atoms with Crippen LogP contribution in [0.5, 0.6) is 0 Å². The largest absolute Gasteiger partial charge is 0.279 e. The highest BCUT2D eigenvalue weighted by Gasteiger charge is 2.17. The second-order valence-electron chi connectivity index (χ2n) is 5.15. The number of hydrogen-bond donors (Lipinski definition) is 1. The third kappa shape index (κ3) is 4.32. The summed E-state index contributed by atoms with van der Waals surface area (Å²) in [5, 5.41) is 0. The third-order valence-corrected chi connectivity index (χ3v) is 5.23. The number of rotatable bonds is 5. The molecule has 0 fully saturated rings. The van der Waals surface area contributed by atoms with Gasteiger partial charge in [-0.2, -0.15) is 0 Å². The normalized spacial score (nSPS) is 12.1. The van der Waals surface area contributed by atoms with E-state index in [1.807, 2.05) is 6.92 Å². The summed E-state index contributed by atoms with van der Waals surface area (Å²) < 4.78 is 50.1. The first-order chi connectivity index (χ1) is 10.2. The molecule has 0 aliphatic carbocycles. The maximum atomic E-state index is 12.4. The first-order valence-corrected chi connectivity index (χ1v) is 10.1. The molecule has 0 amide bonds. The third-order valence-electron chi connectivity index (χ3n) is 3.01. The summed E-state index contributed by atoms with van der Waals surface area (Å²) in [6, 6.07) is 12.9. The number of benzene rings is 2. The van der Waals surface area contributed by atoms with Crippen LogP contribution in [0, 0.1) is 6.92 Å². The van der Waals surface area contributed by atoms with E-state index in [2.05, 4.69) is 4.72 Å². The number of sulfone groups is 1. The molecule has 0 spiro atoms. The van der Waals surface area contributed by atoms with Crippen molar-refractivity contribution in [2.75, 3.05) is 11.0 Å². The Morgan fingerprint density at radius 2 is 1.50 bits per heavy atom. The fourth-order valence-electron chi connectivity index (χ4n) is 1.95. The smallest absolute Gasteiger partial charge is 0.261 e. The summed E-state index contributed by atoms with van der Waals surface area (Å²) in [5.41, 5.74) is 1.64. The lowest BCUT2D eigenvalue weighted by molar-refractivity contribution is 0.598. The molecule has 1 N–H and O–H groups in total. The van der Waals surface area contributed by atoms with Crippen LogP contribution in [0.2, 0.25) is 0 Å². The Labute approximate surface area is 131 Å². The summed E-state index contributed by atoms with van der Waals surface area (Å²) in [6.45, 7) is 1.87. The van der Waals surface area contributed by atoms with Crippen molar-refractivity contribution in [3.05, 3.63) is 59.7 Å². The predicted molar refractivity (Wildman–Crippen MR) is 87.0 cm³/mol. The molecule has 0 aromatic heterocycles. The summed E-state index contributed by atoms with van der Waals surface area (Å²) >= 11 is 0. The van der Waals surface area contributed by atoms with Crippen LogP contribution in [-0.2, 0) is 25.6 Å². The van der Waals surface area contributed by atoms with Gasteiger partial charge in [0.1, 0.15) is 0 Å².